The summed E-state index contributed by atoms with van der Waals surface area (Å²) < 4.78 is 1.88. The molecule has 1 aromatic heterocycles. The van der Waals surface area contributed by atoms with E-state index in [1.54, 1.807) is 12.1 Å². The predicted octanol–water partition coefficient (Wildman–Crippen LogP) is 4.15. The molecule has 0 saturated carbocycles. The van der Waals surface area contributed by atoms with Crippen molar-refractivity contribution in [1.29, 1.82) is 0 Å². The predicted molar refractivity (Wildman–Crippen MR) is 90.1 cm³/mol. The summed E-state index contributed by atoms with van der Waals surface area (Å²) in [6.45, 7) is 0. The van der Waals surface area contributed by atoms with Crippen LogP contribution >= 0.6 is 22.9 Å². The van der Waals surface area contributed by atoms with Gasteiger partial charge in [0.05, 0.1) is 5.69 Å². The third-order valence-electron chi connectivity index (χ3n) is 3.29. The molecule has 0 spiro atoms. The van der Waals surface area contributed by atoms with Crippen LogP contribution in [0.4, 0.5) is 0 Å². The molecule has 0 fully saturated rings. The van der Waals surface area contributed by atoms with Crippen LogP contribution in [0.2, 0.25) is 5.02 Å². The van der Waals surface area contributed by atoms with Gasteiger partial charge in [0, 0.05) is 28.6 Å². The average molecular weight is 329 g/mol. The van der Waals surface area contributed by atoms with E-state index in [9.17, 15) is 4.79 Å². The second kappa shape index (κ2) is 6.30. The first kappa shape index (κ1) is 14.8. The van der Waals surface area contributed by atoms with E-state index in [1.165, 1.54) is 11.3 Å². The Balaban J connectivity index is 2.03. The first-order valence-corrected chi connectivity index (χ1v) is 7.96. The Labute approximate surface area is 137 Å². The highest BCUT2D eigenvalue weighted by Crippen LogP contribution is 2.27. The Morgan fingerprint density at radius 1 is 1.09 bits per heavy atom. The van der Waals surface area contributed by atoms with Crippen molar-refractivity contribution in [2.45, 2.75) is 0 Å². The van der Waals surface area contributed by atoms with Gasteiger partial charge in [-0.15, -0.1) is 11.3 Å². The number of carbonyl (C=O) groups excluding carboxylic acids is 1. The molecule has 0 aliphatic heterocycles. The monoisotopic (exact) mass is 328 g/mol. The Kier molecular flexibility index (Phi) is 4.22. The molecule has 0 aliphatic rings. The fourth-order valence-electron chi connectivity index (χ4n) is 2.12. The van der Waals surface area contributed by atoms with Gasteiger partial charge < -0.3 is 4.57 Å². The van der Waals surface area contributed by atoms with Crippen molar-refractivity contribution >= 4 is 28.8 Å². The van der Waals surface area contributed by atoms with Gasteiger partial charge in [0.25, 0.3) is 5.91 Å². The molecule has 1 heterocycles. The molecule has 3 nitrogen and oxygen atoms in total. The highest BCUT2D eigenvalue weighted by Gasteiger charge is 2.09. The number of carbonyl (C=O) groups is 1. The summed E-state index contributed by atoms with van der Waals surface area (Å²) in [6.07, 6.45) is 0. The Morgan fingerprint density at radius 3 is 2.50 bits per heavy atom. The van der Waals surface area contributed by atoms with Gasteiger partial charge in [-0.05, 0) is 18.2 Å². The highest BCUT2D eigenvalue weighted by atomic mass is 35.5. The molecule has 1 amide bonds. The van der Waals surface area contributed by atoms with Gasteiger partial charge in [0.2, 0.25) is 0 Å². The highest BCUT2D eigenvalue weighted by molar-refractivity contribution is 7.07. The second-order valence-electron chi connectivity index (χ2n) is 4.73. The maximum absolute atomic E-state index is 12.2. The van der Waals surface area contributed by atoms with Crippen molar-refractivity contribution in [2.75, 3.05) is 0 Å². The molecular weight excluding hydrogens is 316 g/mol. The molecule has 0 atom stereocenters. The summed E-state index contributed by atoms with van der Waals surface area (Å²) in [5.41, 5.74) is 2.45. The van der Waals surface area contributed by atoms with Crippen LogP contribution in [0.3, 0.4) is 0 Å². The molecule has 0 radical (unpaired) electrons. The van der Waals surface area contributed by atoms with Crippen LogP contribution in [0.15, 0.2) is 65.0 Å². The number of hydrogen-bond donors (Lipinski definition) is 0. The second-order valence-corrected chi connectivity index (χ2v) is 5.97. The van der Waals surface area contributed by atoms with E-state index in [0.29, 0.717) is 15.4 Å². The van der Waals surface area contributed by atoms with Crippen LogP contribution in [0.1, 0.15) is 10.4 Å². The SMILES string of the molecule is Cn1c(-c2ccccc2Cl)cs/c1=N\C(=O)c1ccccc1. The first-order chi connectivity index (χ1) is 10.7. The lowest BCUT2D eigenvalue weighted by molar-refractivity contribution is 0.0998. The van der Waals surface area contributed by atoms with Gasteiger partial charge in [-0.3, -0.25) is 4.79 Å². The van der Waals surface area contributed by atoms with Crippen LogP contribution in [0.25, 0.3) is 11.3 Å². The van der Waals surface area contributed by atoms with Crippen molar-refractivity contribution in [3.63, 3.8) is 0 Å². The van der Waals surface area contributed by atoms with Crippen molar-refractivity contribution in [1.82, 2.24) is 4.57 Å². The molecule has 0 bridgehead atoms. The van der Waals surface area contributed by atoms with E-state index >= 15 is 0 Å². The summed E-state index contributed by atoms with van der Waals surface area (Å²) in [5, 5.41) is 2.63. The van der Waals surface area contributed by atoms with Crippen molar-refractivity contribution in [3.8, 4) is 11.3 Å². The molecule has 110 valence electrons. The normalized spacial score (nSPS) is 11.6. The molecular formula is C17H13ClN2OS. The minimum atomic E-state index is -0.247. The number of aromatic nitrogens is 1. The van der Waals surface area contributed by atoms with Gasteiger partial charge in [-0.1, -0.05) is 48.0 Å². The average Bonchev–Trinajstić information content (AvgIpc) is 2.90. The van der Waals surface area contributed by atoms with Gasteiger partial charge in [0.15, 0.2) is 4.80 Å². The summed E-state index contributed by atoms with van der Waals surface area (Å²) >= 11 is 7.65. The lowest BCUT2D eigenvalue weighted by Gasteiger charge is -2.04. The fraction of sp³-hybridized carbons (Fsp3) is 0.0588. The zero-order chi connectivity index (χ0) is 15.5. The molecule has 22 heavy (non-hydrogen) atoms. The summed E-state index contributed by atoms with van der Waals surface area (Å²) in [5.74, 6) is -0.247. The summed E-state index contributed by atoms with van der Waals surface area (Å²) in [7, 11) is 1.88. The lowest BCUT2D eigenvalue weighted by Crippen LogP contribution is -2.14. The van der Waals surface area contributed by atoms with Gasteiger partial charge >= 0.3 is 0 Å². The number of halogens is 1. The van der Waals surface area contributed by atoms with Crippen LogP contribution in [-0.2, 0) is 7.05 Å². The number of nitrogens with zero attached hydrogens (tertiary/aromatic N) is 2. The molecule has 0 N–H and O–H groups in total. The lowest BCUT2D eigenvalue weighted by atomic mass is 10.2. The van der Waals surface area contributed by atoms with Crippen LogP contribution in [0.5, 0.6) is 0 Å². The Bertz CT molecular complexity index is 881. The van der Waals surface area contributed by atoms with Crippen LogP contribution < -0.4 is 4.80 Å². The maximum atomic E-state index is 12.2. The molecule has 0 saturated heterocycles. The van der Waals surface area contributed by atoms with E-state index in [1.807, 2.05) is 59.5 Å². The molecule has 2 aromatic carbocycles. The molecule has 0 unspecified atom stereocenters. The zero-order valence-corrected chi connectivity index (χ0v) is 13.4. The van der Waals surface area contributed by atoms with E-state index in [2.05, 4.69) is 4.99 Å². The van der Waals surface area contributed by atoms with Gasteiger partial charge in [-0.25, -0.2) is 0 Å². The van der Waals surface area contributed by atoms with E-state index in [4.69, 9.17) is 11.6 Å². The minimum Gasteiger partial charge on any atom is -0.319 e. The smallest absolute Gasteiger partial charge is 0.279 e. The molecule has 3 aromatic rings. The molecule has 3 rings (SSSR count). The summed E-state index contributed by atoms with van der Waals surface area (Å²) in [4.78, 5) is 17.0. The number of thiazole rings is 1. The Morgan fingerprint density at radius 2 is 1.77 bits per heavy atom. The quantitative estimate of drug-likeness (QED) is 0.696. The third kappa shape index (κ3) is 2.89. The summed E-state index contributed by atoms with van der Waals surface area (Å²) in [6, 6.07) is 16.7. The first-order valence-electron chi connectivity index (χ1n) is 6.70. The van der Waals surface area contributed by atoms with Gasteiger partial charge in [-0.2, -0.15) is 4.99 Å². The van der Waals surface area contributed by atoms with Crippen molar-refractivity contribution < 1.29 is 4.79 Å². The van der Waals surface area contributed by atoms with Crippen molar-refractivity contribution in [3.05, 3.63) is 75.4 Å². The third-order valence-corrected chi connectivity index (χ3v) is 4.54. The Hall–Kier alpha value is -2.17. The van der Waals surface area contributed by atoms with E-state index in [0.717, 1.165) is 11.3 Å². The van der Waals surface area contributed by atoms with Crippen LogP contribution in [-0.4, -0.2) is 10.5 Å². The van der Waals surface area contributed by atoms with Crippen LogP contribution in [0, 0.1) is 0 Å². The molecule has 0 aliphatic carbocycles. The number of rotatable bonds is 2. The minimum absolute atomic E-state index is 0.247. The number of hydrogen-bond acceptors (Lipinski definition) is 2. The zero-order valence-electron chi connectivity index (χ0n) is 11.9. The van der Waals surface area contributed by atoms with E-state index in [-0.39, 0.29) is 5.91 Å². The standard InChI is InChI=1S/C17H13ClN2OS/c1-20-15(13-9-5-6-10-14(13)18)11-22-17(20)19-16(21)12-7-3-2-4-8-12/h2-11H,1H3/b19-17-. The topological polar surface area (TPSA) is 34.4 Å². The van der Waals surface area contributed by atoms with Gasteiger partial charge in [0.1, 0.15) is 0 Å². The largest absolute Gasteiger partial charge is 0.319 e. The maximum Gasteiger partial charge on any atom is 0.279 e. The van der Waals surface area contributed by atoms with Crippen molar-refractivity contribution in [2.24, 2.45) is 12.0 Å². The molecule has 5 heteroatoms. The number of benzene rings is 2. The van der Waals surface area contributed by atoms with E-state index < -0.39 is 0 Å². The number of amides is 1. The fourth-order valence-corrected chi connectivity index (χ4v) is 3.24.